The number of hydrogen-bond donors (Lipinski definition) is 1. The van der Waals surface area contributed by atoms with E-state index in [1.54, 1.807) is 6.07 Å². The molecule has 0 bridgehead atoms. The Bertz CT molecular complexity index is 395. The molecule has 0 saturated heterocycles. The number of ether oxygens (including phenoxy) is 1. The number of rotatable bonds is 3. The van der Waals surface area contributed by atoms with Crippen LogP contribution in [0.5, 0.6) is 11.5 Å². The Balaban J connectivity index is 2.90. The van der Waals surface area contributed by atoms with Crippen LogP contribution in [0.25, 0.3) is 0 Å². The van der Waals surface area contributed by atoms with Gasteiger partial charge in [0, 0.05) is 0 Å². The molecule has 1 aromatic rings. The van der Waals surface area contributed by atoms with E-state index >= 15 is 0 Å². The zero-order chi connectivity index (χ0) is 14.0. The fraction of sp³-hybridized carbons (Fsp3) is 0.625. The molecule has 2 nitrogen and oxygen atoms in total. The highest BCUT2D eigenvalue weighted by Crippen LogP contribution is 2.31. The van der Waals surface area contributed by atoms with E-state index in [1.165, 1.54) is 0 Å². The van der Waals surface area contributed by atoms with Gasteiger partial charge in [0.2, 0.25) is 0 Å². The molecule has 0 saturated carbocycles. The van der Waals surface area contributed by atoms with Crippen molar-refractivity contribution in [3.63, 3.8) is 0 Å². The molecule has 0 unspecified atom stereocenters. The minimum absolute atomic E-state index is 0.136. The van der Waals surface area contributed by atoms with Crippen LogP contribution in [0, 0.1) is 10.8 Å². The van der Waals surface area contributed by atoms with Gasteiger partial charge in [-0.2, -0.15) is 0 Å². The molecular formula is C16H26O2. The lowest BCUT2D eigenvalue weighted by Gasteiger charge is -2.23. The maximum Gasteiger partial charge on any atom is 0.122 e. The quantitative estimate of drug-likeness (QED) is 0.861. The normalized spacial score (nSPS) is 12.6. The van der Waals surface area contributed by atoms with Crippen LogP contribution in [0.2, 0.25) is 0 Å². The molecule has 0 amide bonds. The molecule has 102 valence electrons. The van der Waals surface area contributed by atoms with Gasteiger partial charge in [-0.3, -0.25) is 0 Å². The highest BCUT2D eigenvalue weighted by Gasteiger charge is 2.17. The fourth-order valence-corrected chi connectivity index (χ4v) is 1.71. The summed E-state index contributed by atoms with van der Waals surface area (Å²) in [6.45, 7) is 13.7. The summed E-state index contributed by atoms with van der Waals surface area (Å²) >= 11 is 0. The van der Waals surface area contributed by atoms with E-state index in [0.29, 0.717) is 12.4 Å². The van der Waals surface area contributed by atoms with Crippen molar-refractivity contribution in [1.82, 2.24) is 0 Å². The molecule has 0 fully saturated rings. The number of phenolic OH excluding ortho intramolecular Hbond substituents is 1. The molecule has 0 aliphatic heterocycles. The second-order valence-electron chi connectivity index (χ2n) is 7.38. The molecule has 1 N–H and O–H groups in total. The number of hydrogen-bond acceptors (Lipinski definition) is 2. The van der Waals surface area contributed by atoms with E-state index < -0.39 is 0 Å². The highest BCUT2D eigenvalue weighted by molar-refractivity contribution is 5.40. The lowest BCUT2D eigenvalue weighted by atomic mass is 9.87. The van der Waals surface area contributed by atoms with Gasteiger partial charge in [0.15, 0.2) is 0 Å². The largest absolute Gasteiger partial charge is 0.508 e. The summed E-state index contributed by atoms with van der Waals surface area (Å²) in [6, 6.07) is 5.36. The van der Waals surface area contributed by atoms with E-state index in [-0.39, 0.29) is 10.8 Å². The number of phenols is 1. The Morgan fingerprint density at radius 2 is 1.61 bits per heavy atom. The Labute approximate surface area is 111 Å². The zero-order valence-electron chi connectivity index (χ0n) is 12.5. The van der Waals surface area contributed by atoms with E-state index in [9.17, 15) is 5.11 Å². The standard InChI is InChI=1S/C16H26O2/c1-15(2,3)10-12-9-13(17)7-8-14(12)18-11-16(4,5)6/h7-9,17H,10-11H2,1-6H3. The summed E-state index contributed by atoms with van der Waals surface area (Å²) in [4.78, 5) is 0. The smallest absolute Gasteiger partial charge is 0.122 e. The predicted octanol–water partition coefficient (Wildman–Crippen LogP) is 4.41. The molecule has 2 heteroatoms. The second kappa shape index (κ2) is 5.21. The summed E-state index contributed by atoms with van der Waals surface area (Å²) in [5.41, 5.74) is 1.39. The monoisotopic (exact) mass is 250 g/mol. The third kappa shape index (κ3) is 5.44. The van der Waals surface area contributed by atoms with Crippen LogP contribution in [0.4, 0.5) is 0 Å². The van der Waals surface area contributed by atoms with E-state index in [4.69, 9.17) is 4.74 Å². The van der Waals surface area contributed by atoms with Gasteiger partial charge in [-0.25, -0.2) is 0 Å². The van der Waals surface area contributed by atoms with Gasteiger partial charge in [-0.15, -0.1) is 0 Å². The van der Waals surface area contributed by atoms with Crippen molar-refractivity contribution in [3.05, 3.63) is 23.8 Å². The maximum atomic E-state index is 9.61. The van der Waals surface area contributed by atoms with Gasteiger partial charge in [0.25, 0.3) is 0 Å². The Morgan fingerprint density at radius 3 is 2.11 bits per heavy atom. The number of benzene rings is 1. The van der Waals surface area contributed by atoms with Crippen molar-refractivity contribution in [3.8, 4) is 11.5 Å². The van der Waals surface area contributed by atoms with Crippen LogP contribution >= 0.6 is 0 Å². The molecular weight excluding hydrogens is 224 g/mol. The van der Waals surface area contributed by atoms with Gasteiger partial charge >= 0.3 is 0 Å². The van der Waals surface area contributed by atoms with Gasteiger partial charge in [0.05, 0.1) is 6.61 Å². The van der Waals surface area contributed by atoms with Crippen LogP contribution in [-0.2, 0) is 6.42 Å². The Morgan fingerprint density at radius 1 is 1.00 bits per heavy atom. The lowest BCUT2D eigenvalue weighted by molar-refractivity contribution is 0.195. The van der Waals surface area contributed by atoms with Crippen molar-refractivity contribution >= 4 is 0 Å². The average molecular weight is 250 g/mol. The van der Waals surface area contributed by atoms with E-state index in [1.807, 2.05) is 12.1 Å². The zero-order valence-corrected chi connectivity index (χ0v) is 12.5. The predicted molar refractivity (Wildman–Crippen MR) is 76.2 cm³/mol. The summed E-state index contributed by atoms with van der Waals surface area (Å²) in [5, 5.41) is 9.61. The van der Waals surface area contributed by atoms with Crippen LogP contribution in [0.15, 0.2) is 18.2 Å². The van der Waals surface area contributed by atoms with E-state index in [0.717, 1.165) is 17.7 Å². The molecule has 0 aliphatic rings. The molecule has 1 aromatic carbocycles. The lowest BCUT2D eigenvalue weighted by Crippen LogP contribution is -2.18. The van der Waals surface area contributed by atoms with Crippen molar-refractivity contribution < 1.29 is 9.84 Å². The molecule has 0 heterocycles. The maximum absolute atomic E-state index is 9.61. The van der Waals surface area contributed by atoms with Gasteiger partial charge in [0.1, 0.15) is 11.5 Å². The van der Waals surface area contributed by atoms with Crippen molar-refractivity contribution in [1.29, 1.82) is 0 Å². The first-order valence-corrected chi connectivity index (χ1v) is 6.52. The molecule has 1 rings (SSSR count). The van der Waals surface area contributed by atoms with Gasteiger partial charge in [-0.05, 0) is 41.0 Å². The molecule has 0 radical (unpaired) electrons. The minimum atomic E-state index is 0.136. The van der Waals surface area contributed by atoms with Crippen molar-refractivity contribution in [2.75, 3.05) is 6.61 Å². The molecule has 0 aliphatic carbocycles. The molecule has 0 aromatic heterocycles. The SMILES string of the molecule is CC(C)(C)COc1ccc(O)cc1CC(C)(C)C. The average Bonchev–Trinajstić information content (AvgIpc) is 2.12. The topological polar surface area (TPSA) is 29.5 Å². The summed E-state index contributed by atoms with van der Waals surface area (Å²) in [6.07, 6.45) is 0.890. The minimum Gasteiger partial charge on any atom is -0.508 e. The molecule has 18 heavy (non-hydrogen) atoms. The first-order chi connectivity index (χ1) is 8.07. The summed E-state index contributed by atoms with van der Waals surface area (Å²) in [5.74, 6) is 1.19. The summed E-state index contributed by atoms with van der Waals surface area (Å²) < 4.78 is 5.89. The molecule has 0 atom stereocenters. The third-order valence-electron chi connectivity index (χ3n) is 2.43. The van der Waals surface area contributed by atoms with Crippen LogP contribution < -0.4 is 4.74 Å². The Kier molecular flexibility index (Phi) is 4.31. The van der Waals surface area contributed by atoms with E-state index in [2.05, 4.69) is 41.5 Å². The molecule has 0 spiro atoms. The fourth-order valence-electron chi connectivity index (χ4n) is 1.71. The van der Waals surface area contributed by atoms with Crippen LogP contribution in [0.3, 0.4) is 0 Å². The van der Waals surface area contributed by atoms with Crippen LogP contribution in [-0.4, -0.2) is 11.7 Å². The van der Waals surface area contributed by atoms with Crippen LogP contribution in [0.1, 0.15) is 47.1 Å². The number of aromatic hydroxyl groups is 1. The first kappa shape index (κ1) is 14.9. The van der Waals surface area contributed by atoms with Crippen molar-refractivity contribution in [2.45, 2.75) is 48.0 Å². The van der Waals surface area contributed by atoms with Crippen molar-refractivity contribution in [2.24, 2.45) is 10.8 Å². The third-order valence-corrected chi connectivity index (χ3v) is 2.43. The highest BCUT2D eigenvalue weighted by atomic mass is 16.5. The summed E-state index contributed by atoms with van der Waals surface area (Å²) in [7, 11) is 0. The van der Waals surface area contributed by atoms with Gasteiger partial charge in [-0.1, -0.05) is 41.5 Å². The first-order valence-electron chi connectivity index (χ1n) is 6.52. The second-order valence-corrected chi connectivity index (χ2v) is 7.38. The van der Waals surface area contributed by atoms with Gasteiger partial charge < -0.3 is 9.84 Å². The Hall–Kier alpha value is -1.18.